The Balaban J connectivity index is 3.05. The van der Waals surface area contributed by atoms with Crippen molar-refractivity contribution in [3.63, 3.8) is 0 Å². The molecule has 0 saturated heterocycles. The highest BCUT2D eigenvalue weighted by Crippen LogP contribution is 2.16. The maximum absolute atomic E-state index is 4.83. The van der Waals surface area contributed by atoms with E-state index < -0.39 is 0 Å². The fourth-order valence-corrected chi connectivity index (χ4v) is 3.76. The van der Waals surface area contributed by atoms with Gasteiger partial charge in [0.15, 0.2) is 0 Å². The molecule has 3 heteroatoms. The van der Waals surface area contributed by atoms with Gasteiger partial charge in [-0.15, -0.1) is 0 Å². The van der Waals surface area contributed by atoms with Crippen molar-refractivity contribution in [1.29, 1.82) is 0 Å². The largest absolute Gasteiger partial charge is 0.290 e. The summed E-state index contributed by atoms with van der Waals surface area (Å²) in [6.45, 7) is 22.1. The van der Waals surface area contributed by atoms with Gasteiger partial charge in [-0.3, -0.25) is 15.0 Å². The summed E-state index contributed by atoms with van der Waals surface area (Å²) in [7, 11) is 0. The van der Waals surface area contributed by atoms with Gasteiger partial charge in [-0.2, -0.15) is 0 Å². The first-order chi connectivity index (χ1) is 14.0. The van der Waals surface area contributed by atoms with Gasteiger partial charge in [0, 0.05) is 17.1 Å². The first-order valence-corrected chi connectivity index (χ1v) is 11.7. The van der Waals surface area contributed by atoms with Crippen molar-refractivity contribution in [2.45, 2.75) is 101 Å². The lowest BCUT2D eigenvalue weighted by molar-refractivity contribution is 0.680. The molecule has 168 valence electrons. The number of hydrogen-bond donors (Lipinski definition) is 0. The Morgan fingerprint density at radius 3 is 0.967 bits per heavy atom. The van der Waals surface area contributed by atoms with Crippen LogP contribution >= 0.6 is 0 Å². The van der Waals surface area contributed by atoms with E-state index >= 15 is 0 Å². The molecule has 0 saturated carbocycles. The molecular weight excluding hydrogens is 366 g/mol. The average Bonchev–Trinajstić information content (AvgIpc) is 2.61. The zero-order chi connectivity index (χ0) is 22.7. The number of hydrogen-bond acceptors (Lipinski definition) is 3. The van der Waals surface area contributed by atoms with Gasteiger partial charge in [-0.05, 0) is 74.5 Å². The fourth-order valence-electron chi connectivity index (χ4n) is 3.76. The van der Waals surface area contributed by atoms with Crippen LogP contribution in [0.4, 0.5) is 0 Å². The summed E-state index contributed by atoms with van der Waals surface area (Å²) in [6.07, 6.45) is 3.18. The molecule has 0 heterocycles. The summed E-state index contributed by atoms with van der Waals surface area (Å²) in [6, 6.07) is 6.81. The van der Waals surface area contributed by atoms with Crippen LogP contribution in [0.3, 0.4) is 0 Å². The molecule has 1 aromatic carbocycles. The first-order valence-electron chi connectivity index (χ1n) is 11.7. The van der Waals surface area contributed by atoms with E-state index in [4.69, 9.17) is 15.0 Å². The average molecular weight is 412 g/mol. The normalized spacial score (nSPS) is 13.8. The molecule has 0 fully saturated rings. The van der Waals surface area contributed by atoms with Crippen molar-refractivity contribution < 1.29 is 0 Å². The highest BCUT2D eigenvalue weighted by molar-refractivity contribution is 5.82. The standard InChI is InChI=1S/C27H45N3/c1-19(2)10-22(7)28-16-25-13-26(17-29-23(8)11-20(3)4)15-27(14-25)18-30-24(9)12-21(5)6/h13-15,19-21H,10-12,16-18H2,1-9H3. The molecule has 0 radical (unpaired) electrons. The minimum Gasteiger partial charge on any atom is -0.290 e. The Morgan fingerprint density at radius 2 is 0.767 bits per heavy atom. The number of nitrogens with zero attached hydrogens (tertiary/aromatic N) is 3. The summed E-state index contributed by atoms with van der Waals surface area (Å²) in [5, 5.41) is 0. The monoisotopic (exact) mass is 411 g/mol. The SMILES string of the molecule is CC(CC(C)C)=NCc1cc(CN=C(C)CC(C)C)cc(CN=C(C)CC(C)C)c1. The summed E-state index contributed by atoms with van der Waals surface area (Å²) in [4.78, 5) is 14.5. The van der Waals surface area contributed by atoms with Crippen LogP contribution in [0.2, 0.25) is 0 Å². The minimum absolute atomic E-state index is 0.646. The lowest BCUT2D eigenvalue weighted by Crippen LogP contribution is -2.01. The van der Waals surface area contributed by atoms with Gasteiger partial charge in [0.25, 0.3) is 0 Å². The number of benzene rings is 1. The van der Waals surface area contributed by atoms with Crippen LogP contribution in [0.5, 0.6) is 0 Å². The van der Waals surface area contributed by atoms with Gasteiger partial charge < -0.3 is 0 Å². The molecule has 0 amide bonds. The van der Waals surface area contributed by atoms with Crippen molar-refractivity contribution in [2.24, 2.45) is 32.7 Å². The Kier molecular flexibility index (Phi) is 11.8. The quantitative estimate of drug-likeness (QED) is 0.316. The van der Waals surface area contributed by atoms with E-state index in [-0.39, 0.29) is 0 Å². The van der Waals surface area contributed by atoms with Gasteiger partial charge in [-0.25, -0.2) is 0 Å². The van der Waals surface area contributed by atoms with E-state index in [0.717, 1.165) is 38.9 Å². The van der Waals surface area contributed by atoms with E-state index in [2.05, 4.69) is 80.5 Å². The van der Waals surface area contributed by atoms with Gasteiger partial charge in [-0.1, -0.05) is 59.7 Å². The molecule has 3 nitrogen and oxygen atoms in total. The van der Waals surface area contributed by atoms with Gasteiger partial charge in [0.1, 0.15) is 0 Å². The molecule has 0 bridgehead atoms. The van der Waals surface area contributed by atoms with Crippen molar-refractivity contribution in [3.8, 4) is 0 Å². The smallest absolute Gasteiger partial charge is 0.0639 e. The zero-order valence-electron chi connectivity index (χ0n) is 21.0. The maximum Gasteiger partial charge on any atom is 0.0639 e. The molecule has 0 spiro atoms. The highest BCUT2D eigenvalue weighted by atomic mass is 14.7. The van der Waals surface area contributed by atoms with Gasteiger partial charge in [0.05, 0.1) is 19.6 Å². The zero-order valence-corrected chi connectivity index (χ0v) is 21.0. The molecule has 0 unspecified atom stereocenters. The summed E-state index contributed by atoms with van der Waals surface area (Å²) in [5.41, 5.74) is 7.48. The Labute approximate surface area is 186 Å². The second kappa shape index (κ2) is 13.5. The van der Waals surface area contributed by atoms with Crippen LogP contribution < -0.4 is 0 Å². The van der Waals surface area contributed by atoms with Crippen LogP contribution in [0.1, 0.15) is 98.3 Å². The topological polar surface area (TPSA) is 37.1 Å². The number of rotatable bonds is 12. The predicted octanol–water partition coefficient (Wildman–Crippen LogP) is 7.71. The van der Waals surface area contributed by atoms with Crippen LogP contribution in [-0.4, -0.2) is 17.1 Å². The van der Waals surface area contributed by atoms with Crippen molar-refractivity contribution in [3.05, 3.63) is 34.9 Å². The van der Waals surface area contributed by atoms with E-state index in [9.17, 15) is 0 Å². The molecular formula is C27H45N3. The third-order valence-corrected chi connectivity index (χ3v) is 4.82. The lowest BCUT2D eigenvalue weighted by Gasteiger charge is -2.10. The molecule has 1 aromatic rings. The molecule has 0 N–H and O–H groups in total. The van der Waals surface area contributed by atoms with Crippen molar-refractivity contribution >= 4 is 17.1 Å². The van der Waals surface area contributed by atoms with E-state index in [1.54, 1.807) is 0 Å². The van der Waals surface area contributed by atoms with Crippen molar-refractivity contribution in [2.75, 3.05) is 0 Å². The van der Waals surface area contributed by atoms with Crippen LogP contribution in [-0.2, 0) is 19.6 Å². The Bertz CT molecular complexity index is 624. The molecule has 30 heavy (non-hydrogen) atoms. The Hall–Kier alpha value is -1.77. The minimum atomic E-state index is 0.646. The van der Waals surface area contributed by atoms with E-state index in [0.29, 0.717) is 17.8 Å². The molecule has 0 aliphatic rings. The Morgan fingerprint density at radius 1 is 0.533 bits per heavy atom. The predicted molar refractivity (Wildman–Crippen MR) is 135 cm³/mol. The molecule has 0 aromatic heterocycles. The van der Waals surface area contributed by atoms with Gasteiger partial charge in [0.2, 0.25) is 0 Å². The summed E-state index contributed by atoms with van der Waals surface area (Å²) < 4.78 is 0. The third-order valence-electron chi connectivity index (χ3n) is 4.82. The second-order valence-corrected chi connectivity index (χ2v) is 10.1. The summed E-state index contributed by atoms with van der Waals surface area (Å²) >= 11 is 0. The summed E-state index contributed by atoms with van der Waals surface area (Å²) in [5.74, 6) is 1.94. The molecule has 1 rings (SSSR count). The first kappa shape index (κ1) is 26.3. The van der Waals surface area contributed by atoms with Gasteiger partial charge >= 0.3 is 0 Å². The molecule has 0 aliphatic heterocycles. The number of aliphatic imine (C=N–C) groups is 3. The second-order valence-electron chi connectivity index (χ2n) is 10.1. The highest BCUT2D eigenvalue weighted by Gasteiger charge is 2.05. The van der Waals surface area contributed by atoms with E-state index in [1.807, 2.05) is 0 Å². The van der Waals surface area contributed by atoms with Crippen LogP contribution in [0.15, 0.2) is 33.2 Å². The van der Waals surface area contributed by atoms with Crippen LogP contribution in [0, 0.1) is 17.8 Å². The molecule has 0 aliphatic carbocycles. The lowest BCUT2D eigenvalue weighted by atomic mass is 10.0. The third kappa shape index (κ3) is 12.0. The molecule has 0 atom stereocenters. The fraction of sp³-hybridized carbons (Fsp3) is 0.667. The van der Waals surface area contributed by atoms with E-state index in [1.165, 1.54) is 33.8 Å². The maximum atomic E-state index is 4.83. The van der Waals surface area contributed by atoms with Crippen LogP contribution in [0.25, 0.3) is 0 Å². The van der Waals surface area contributed by atoms with Crippen molar-refractivity contribution in [1.82, 2.24) is 0 Å².